The minimum atomic E-state index is -0.621. The van der Waals surface area contributed by atoms with Crippen LogP contribution in [-0.2, 0) is 7.05 Å². The number of benzene rings is 1. The molecule has 1 unspecified atom stereocenters. The minimum absolute atomic E-state index is 0.0865. The summed E-state index contributed by atoms with van der Waals surface area (Å²) in [6.07, 6.45) is 4.94. The van der Waals surface area contributed by atoms with Gasteiger partial charge in [-0.3, -0.25) is 0 Å². The Hall–Kier alpha value is -3.75. The largest absolute Gasteiger partial charge is 0.372 e. The maximum absolute atomic E-state index is 13.8. The number of anilines is 1. The fraction of sp³-hybridized carbons (Fsp3) is 0.111. The molecule has 1 N–H and O–H groups in total. The molecule has 4 rings (SSSR count). The molecule has 9 heteroatoms. The maximum Gasteiger partial charge on any atom is 0.372 e. The van der Waals surface area contributed by atoms with Gasteiger partial charge < -0.3 is 20.0 Å². The van der Waals surface area contributed by atoms with Crippen LogP contribution in [-0.4, -0.2) is 23.9 Å². The Bertz CT molecular complexity index is 1140. The number of nitrogens with one attached hydrogen (secondary N) is 1. The van der Waals surface area contributed by atoms with Crippen molar-refractivity contribution in [1.29, 1.82) is 0 Å². The highest BCUT2D eigenvalue weighted by atomic mass is 19.1. The normalized spacial score (nSPS) is 12.2. The van der Waals surface area contributed by atoms with Crippen LogP contribution in [0.5, 0.6) is 0 Å². The predicted octanol–water partition coefficient (Wildman–Crippen LogP) is 3.32. The fourth-order valence-corrected chi connectivity index (χ4v) is 3.03. The quantitative estimate of drug-likeness (QED) is 0.432. The van der Waals surface area contributed by atoms with E-state index in [1.165, 1.54) is 16.5 Å². The molecular formula is C18H15FN6O2. The zero-order valence-electron chi connectivity index (χ0n) is 14.3. The first-order chi connectivity index (χ1) is 13.0. The average Bonchev–Trinajstić information content (AvgIpc) is 3.22. The van der Waals surface area contributed by atoms with Crippen molar-refractivity contribution < 1.29 is 9.31 Å². The Labute approximate surface area is 153 Å². The number of nitrogens with zero attached hydrogens (tertiary/aromatic N) is 5. The molecule has 0 aliphatic heterocycles. The van der Waals surface area contributed by atoms with Crippen LogP contribution >= 0.6 is 0 Å². The second kappa shape index (κ2) is 6.52. The summed E-state index contributed by atoms with van der Waals surface area (Å²) in [5.74, 6) is 0.0645. The van der Waals surface area contributed by atoms with E-state index in [1.54, 1.807) is 60.5 Å². The van der Waals surface area contributed by atoms with E-state index in [4.69, 9.17) is 0 Å². The molecule has 0 radical (unpaired) electrons. The van der Waals surface area contributed by atoms with Crippen LogP contribution < -0.4 is 5.32 Å². The molecule has 0 saturated heterocycles. The fourth-order valence-electron chi connectivity index (χ4n) is 3.03. The van der Waals surface area contributed by atoms with Crippen molar-refractivity contribution >= 4 is 17.3 Å². The molecule has 1 atom stereocenters. The Morgan fingerprint density at radius 3 is 2.78 bits per heavy atom. The molecule has 0 aliphatic rings. The summed E-state index contributed by atoms with van der Waals surface area (Å²) in [5, 5.41) is 14.7. The van der Waals surface area contributed by atoms with E-state index >= 15 is 0 Å². The smallest absolute Gasteiger partial charge is 0.358 e. The Balaban J connectivity index is 1.86. The molecule has 0 bridgehead atoms. The number of aryl methyl sites for hydroxylation is 1. The van der Waals surface area contributed by atoms with Crippen molar-refractivity contribution in [3.8, 4) is 0 Å². The maximum atomic E-state index is 13.8. The minimum Gasteiger partial charge on any atom is -0.358 e. The molecule has 3 aromatic heterocycles. The van der Waals surface area contributed by atoms with E-state index in [1.807, 2.05) is 0 Å². The van der Waals surface area contributed by atoms with Gasteiger partial charge in [0.15, 0.2) is 0 Å². The van der Waals surface area contributed by atoms with Gasteiger partial charge in [0.1, 0.15) is 17.7 Å². The van der Waals surface area contributed by atoms with Gasteiger partial charge in [0.25, 0.3) is 0 Å². The van der Waals surface area contributed by atoms with Crippen molar-refractivity contribution in [1.82, 2.24) is 18.9 Å². The summed E-state index contributed by atoms with van der Waals surface area (Å²) < 4.78 is 17.0. The Kier molecular flexibility index (Phi) is 4.03. The molecule has 1 aromatic carbocycles. The first-order valence-electron chi connectivity index (χ1n) is 8.15. The van der Waals surface area contributed by atoms with Crippen molar-refractivity contribution in [2.75, 3.05) is 5.32 Å². The standard InChI is InChI=1S/C18H15FN6O2/c1-23-10-8-20-17(23)15(12-5-4-6-13(19)11-12)22-16-18(25(26)27)24-9-3-2-7-14(24)21-16/h2-11,15,22H,1H3. The number of nitro groups is 1. The van der Waals surface area contributed by atoms with Crippen molar-refractivity contribution in [2.45, 2.75) is 6.04 Å². The topological polar surface area (TPSA) is 90.3 Å². The van der Waals surface area contributed by atoms with Crippen LogP contribution in [0.25, 0.3) is 5.65 Å². The number of hydrogen-bond acceptors (Lipinski definition) is 5. The molecule has 136 valence electrons. The van der Waals surface area contributed by atoms with Gasteiger partial charge >= 0.3 is 5.82 Å². The van der Waals surface area contributed by atoms with Gasteiger partial charge in [-0.15, -0.1) is 0 Å². The van der Waals surface area contributed by atoms with Crippen LogP contribution in [0.3, 0.4) is 0 Å². The highest BCUT2D eigenvalue weighted by molar-refractivity contribution is 5.63. The SMILES string of the molecule is Cn1ccnc1C(Nc1nc2ccccn2c1[N+](=O)[O-])c1cccc(F)c1. The lowest BCUT2D eigenvalue weighted by molar-refractivity contribution is -0.389. The summed E-state index contributed by atoms with van der Waals surface area (Å²) >= 11 is 0. The van der Waals surface area contributed by atoms with E-state index in [0.717, 1.165) is 0 Å². The van der Waals surface area contributed by atoms with Crippen LogP contribution in [0.4, 0.5) is 16.0 Å². The van der Waals surface area contributed by atoms with Gasteiger partial charge in [-0.2, -0.15) is 9.38 Å². The Morgan fingerprint density at radius 2 is 2.07 bits per heavy atom. The van der Waals surface area contributed by atoms with Gasteiger partial charge in [0.05, 0.1) is 6.20 Å². The zero-order chi connectivity index (χ0) is 19.0. The summed E-state index contributed by atoms with van der Waals surface area (Å²) in [7, 11) is 1.80. The highest BCUT2D eigenvalue weighted by Crippen LogP contribution is 2.31. The number of imidazole rings is 2. The predicted molar refractivity (Wildman–Crippen MR) is 96.9 cm³/mol. The molecule has 4 aromatic rings. The van der Waals surface area contributed by atoms with Crippen LogP contribution in [0.15, 0.2) is 61.1 Å². The van der Waals surface area contributed by atoms with Gasteiger partial charge in [-0.25, -0.2) is 9.37 Å². The van der Waals surface area contributed by atoms with E-state index < -0.39 is 16.8 Å². The lowest BCUT2D eigenvalue weighted by Crippen LogP contribution is -2.18. The van der Waals surface area contributed by atoms with E-state index in [-0.39, 0.29) is 11.6 Å². The number of fused-ring (bicyclic) bond motifs is 1. The molecule has 0 saturated carbocycles. The van der Waals surface area contributed by atoms with Gasteiger partial charge in [-0.05, 0) is 28.7 Å². The first kappa shape index (κ1) is 16.7. The van der Waals surface area contributed by atoms with Crippen LogP contribution in [0.2, 0.25) is 0 Å². The number of hydrogen-bond donors (Lipinski definition) is 1. The van der Waals surface area contributed by atoms with Crippen molar-refractivity contribution in [3.63, 3.8) is 0 Å². The molecule has 0 fully saturated rings. The molecule has 3 heterocycles. The van der Waals surface area contributed by atoms with Gasteiger partial charge in [-0.1, -0.05) is 18.2 Å². The summed E-state index contributed by atoms with van der Waals surface area (Å²) in [6.45, 7) is 0. The summed E-state index contributed by atoms with van der Waals surface area (Å²) in [4.78, 5) is 19.8. The number of aromatic nitrogens is 4. The lowest BCUT2D eigenvalue weighted by atomic mass is 10.1. The molecule has 8 nitrogen and oxygen atoms in total. The monoisotopic (exact) mass is 366 g/mol. The summed E-state index contributed by atoms with van der Waals surface area (Å²) in [5.41, 5.74) is 1.01. The molecular weight excluding hydrogens is 351 g/mol. The highest BCUT2D eigenvalue weighted by Gasteiger charge is 2.27. The Morgan fingerprint density at radius 1 is 1.22 bits per heavy atom. The molecule has 27 heavy (non-hydrogen) atoms. The second-order valence-corrected chi connectivity index (χ2v) is 6.00. The van der Waals surface area contributed by atoms with Crippen LogP contribution in [0.1, 0.15) is 17.4 Å². The summed E-state index contributed by atoms with van der Waals surface area (Å²) in [6, 6.07) is 10.5. The van der Waals surface area contributed by atoms with E-state index in [9.17, 15) is 14.5 Å². The molecule has 0 spiro atoms. The lowest BCUT2D eigenvalue weighted by Gasteiger charge is -2.18. The number of pyridine rings is 1. The zero-order valence-corrected chi connectivity index (χ0v) is 14.3. The van der Waals surface area contributed by atoms with Gasteiger partial charge in [0.2, 0.25) is 11.5 Å². The first-order valence-corrected chi connectivity index (χ1v) is 8.15. The molecule has 0 amide bonds. The number of halogens is 1. The van der Waals surface area contributed by atoms with Gasteiger partial charge in [0, 0.05) is 25.5 Å². The number of rotatable bonds is 5. The van der Waals surface area contributed by atoms with E-state index in [2.05, 4.69) is 15.3 Å². The third kappa shape index (κ3) is 2.99. The van der Waals surface area contributed by atoms with E-state index in [0.29, 0.717) is 17.0 Å². The van der Waals surface area contributed by atoms with Crippen molar-refractivity contribution in [2.24, 2.45) is 7.05 Å². The third-order valence-electron chi connectivity index (χ3n) is 4.26. The molecule has 0 aliphatic carbocycles. The van der Waals surface area contributed by atoms with Crippen LogP contribution in [0, 0.1) is 15.9 Å². The van der Waals surface area contributed by atoms with Crippen molar-refractivity contribution in [3.05, 3.63) is 88.4 Å². The second-order valence-electron chi connectivity index (χ2n) is 6.00. The third-order valence-corrected chi connectivity index (χ3v) is 4.26. The average molecular weight is 366 g/mol.